The monoisotopic (exact) mass is 372 g/mol. The summed E-state index contributed by atoms with van der Waals surface area (Å²) in [6.45, 7) is 2.31. The number of benzene rings is 1. The van der Waals surface area contributed by atoms with Crippen LogP contribution in [0.25, 0.3) is 0 Å². The van der Waals surface area contributed by atoms with Crippen LogP contribution in [0.2, 0.25) is 0 Å². The van der Waals surface area contributed by atoms with Gasteiger partial charge in [-0.3, -0.25) is 9.59 Å². The van der Waals surface area contributed by atoms with Gasteiger partial charge < -0.3 is 14.5 Å². The molecule has 0 unspecified atom stereocenters. The van der Waals surface area contributed by atoms with Crippen LogP contribution in [0, 0.1) is 5.92 Å². The van der Waals surface area contributed by atoms with Crippen LogP contribution < -0.4 is 4.74 Å². The second-order valence-corrected chi connectivity index (χ2v) is 7.41. The standard InChI is InChI=1S/C20H24N2O3S/c1-21(13-14-25-17-6-3-2-4-7-17)19(23)16-9-11-22(12-10-16)20(24)18-8-5-15-26-18/h2-8,15-16H,9-14H2,1H3. The van der Waals surface area contributed by atoms with E-state index < -0.39 is 0 Å². The van der Waals surface area contributed by atoms with E-state index >= 15 is 0 Å². The summed E-state index contributed by atoms with van der Waals surface area (Å²) in [6, 6.07) is 13.3. The van der Waals surface area contributed by atoms with Gasteiger partial charge in [-0.1, -0.05) is 24.3 Å². The molecule has 1 fully saturated rings. The number of thiophene rings is 1. The molecule has 0 saturated carbocycles. The first-order chi connectivity index (χ1) is 12.6. The summed E-state index contributed by atoms with van der Waals surface area (Å²) >= 11 is 1.46. The molecule has 0 N–H and O–H groups in total. The zero-order valence-electron chi connectivity index (χ0n) is 15.0. The number of hydrogen-bond donors (Lipinski definition) is 0. The topological polar surface area (TPSA) is 49.9 Å². The minimum Gasteiger partial charge on any atom is -0.492 e. The van der Waals surface area contributed by atoms with Crippen molar-refractivity contribution in [1.82, 2.24) is 9.80 Å². The Kier molecular flexibility index (Phi) is 6.28. The number of carbonyl (C=O) groups excluding carboxylic acids is 2. The van der Waals surface area contributed by atoms with Crippen molar-refractivity contribution in [2.24, 2.45) is 5.92 Å². The van der Waals surface area contributed by atoms with E-state index in [9.17, 15) is 9.59 Å². The van der Waals surface area contributed by atoms with E-state index in [1.165, 1.54) is 11.3 Å². The Morgan fingerprint density at radius 3 is 2.54 bits per heavy atom. The number of carbonyl (C=O) groups is 2. The maximum Gasteiger partial charge on any atom is 0.263 e. The fraction of sp³-hybridized carbons (Fsp3) is 0.400. The molecule has 0 bridgehead atoms. The largest absolute Gasteiger partial charge is 0.492 e. The van der Waals surface area contributed by atoms with Crippen LogP contribution in [-0.4, -0.2) is 54.9 Å². The van der Waals surface area contributed by atoms with Gasteiger partial charge in [0.1, 0.15) is 12.4 Å². The molecule has 0 atom stereocenters. The Morgan fingerprint density at radius 2 is 1.88 bits per heavy atom. The molecule has 1 aliphatic heterocycles. The van der Waals surface area contributed by atoms with Gasteiger partial charge in [0.15, 0.2) is 0 Å². The minimum absolute atomic E-state index is 0.0101. The number of amides is 2. The smallest absolute Gasteiger partial charge is 0.263 e. The molecule has 1 saturated heterocycles. The quantitative estimate of drug-likeness (QED) is 0.783. The van der Waals surface area contributed by atoms with Crippen molar-refractivity contribution in [2.75, 3.05) is 33.3 Å². The summed E-state index contributed by atoms with van der Waals surface area (Å²) < 4.78 is 5.66. The van der Waals surface area contributed by atoms with Crippen LogP contribution in [0.1, 0.15) is 22.5 Å². The predicted octanol–water partition coefficient (Wildman–Crippen LogP) is 3.14. The van der Waals surface area contributed by atoms with Crippen LogP contribution >= 0.6 is 11.3 Å². The van der Waals surface area contributed by atoms with Crippen LogP contribution in [0.5, 0.6) is 5.75 Å². The minimum atomic E-state index is -0.0101. The Bertz CT molecular complexity index is 710. The Hall–Kier alpha value is -2.34. The highest BCUT2D eigenvalue weighted by Gasteiger charge is 2.29. The highest BCUT2D eigenvalue weighted by atomic mass is 32.1. The molecule has 1 aliphatic rings. The van der Waals surface area contributed by atoms with Crippen LogP contribution in [0.3, 0.4) is 0 Å². The molecule has 138 valence electrons. The Labute approximate surface area is 158 Å². The molecular weight excluding hydrogens is 348 g/mol. The van der Waals surface area contributed by atoms with Gasteiger partial charge in [0.25, 0.3) is 5.91 Å². The zero-order valence-corrected chi connectivity index (χ0v) is 15.8. The maximum atomic E-state index is 12.6. The van der Waals surface area contributed by atoms with Crippen molar-refractivity contribution in [3.05, 3.63) is 52.7 Å². The van der Waals surface area contributed by atoms with Gasteiger partial charge >= 0.3 is 0 Å². The lowest BCUT2D eigenvalue weighted by Crippen LogP contribution is -2.44. The van der Waals surface area contributed by atoms with Crippen molar-refractivity contribution in [1.29, 1.82) is 0 Å². The summed E-state index contributed by atoms with van der Waals surface area (Å²) in [5.74, 6) is 1.03. The molecule has 0 radical (unpaired) electrons. The van der Waals surface area contributed by atoms with E-state index in [1.807, 2.05) is 59.8 Å². The fourth-order valence-electron chi connectivity index (χ4n) is 3.12. The second-order valence-electron chi connectivity index (χ2n) is 6.47. The van der Waals surface area contributed by atoms with Gasteiger partial charge in [-0.2, -0.15) is 0 Å². The number of ether oxygens (including phenoxy) is 1. The number of likely N-dealkylation sites (N-methyl/N-ethyl adjacent to an activating group) is 1. The lowest BCUT2D eigenvalue weighted by molar-refractivity contribution is -0.135. The lowest BCUT2D eigenvalue weighted by atomic mass is 9.95. The van der Waals surface area contributed by atoms with Crippen LogP contribution in [0.4, 0.5) is 0 Å². The third kappa shape index (κ3) is 4.64. The van der Waals surface area contributed by atoms with Gasteiger partial charge in [0.05, 0.1) is 11.4 Å². The lowest BCUT2D eigenvalue weighted by Gasteiger charge is -2.33. The molecule has 6 heteroatoms. The second kappa shape index (κ2) is 8.85. The first-order valence-corrected chi connectivity index (χ1v) is 9.78. The van der Waals surface area contributed by atoms with Gasteiger partial charge in [-0.05, 0) is 36.4 Å². The molecule has 2 aromatic rings. The first-order valence-electron chi connectivity index (χ1n) is 8.91. The van der Waals surface area contributed by atoms with E-state index in [0.717, 1.165) is 23.5 Å². The maximum absolute atomic E-state index is 12.6. The average Bonchev–Trinajstić information content (AvgIpc) is 3.22. The van der Waals surface area contributed by atoms with Gasteiger partial charge in [0.2, 0.25) is 5.91 Å². The van der Waals surface area contributed by atoms with Crippen molar-refractivity contribution < 1.29 is 14.3 Å². The predicted molar refractivity (Wildman–Crippen MR) is 103 cm³/mol. The number of hydrogen-bond acceptors (Lipinski definition) is 4. The zero-order chi connectivity index (χ0) is 18.4. The number of nitrogens with zero attached hydrogens (tertiary/aromatic N) is 2. The van der Waals surface area contributed by atoms with Gasteiger partial charge in [-0.15, -0.1) is 11.3 Å². The molecule has 0 spiro atoms. The molecule has 5 nitrogen and oxygen atoms in total. The van der Waals surface area contributed by atoms with Crippen LogP contribution in [-0.2, 0) is 4.79 Å². The molecular formula is C20H24N2O3S. The highest BCUT2D eigenvalue weighted by molar-refractivity contribution is 7.12. The van der Waals surface area contributed by atoms with E-state index in [1.54, 1.807) is 4.90 Å². The summed E-state index contributed by atoms with van der Waals surface area (Å²) in [5, 5.41) is 1.91. The van der Waals surface area contributed by atoms with Gasteiger partial charge in [-0.25, -0.2) is 0 Å². The summed E-state index contributed by atoms with van der Waals surface area (Å²) in [5.41, 5.74) is 0. The third-order valence-electron chi connectivity index (χ3n) is 4.68. The van der Waals surface area contributed by atoms with E-state index in [-0.39, 0.29) is 17.7 Å². The number of rotatable bonds is 6. The van der Waals surface area contributed by atoms with Crippen molar-refractivity contribution in [3.63, 3.8) is 0 Å². The highest BCUT2D eigenvalue weighted by Crippen LogP contribution is 2.22. The van der Waals surface area contributed by atoms with E-state index in [2.05, 4.69) is 0 Å². The molecule has 1 aromatic carbocycles. The number of piperidine rings is 1. The Morgan fingerprint density at radius 1 is 1.15 bits per heavy atom. The molecule has 1 aromatic heterocycles. The van der Waals surface area contributed by atoms with Crippen molar-refractivity contribution in [2.45, 2.75) is 12.8 Å². The summed E-state index contributed by atoms with van der Waals surface area (Å²) in [7, 11) is 1.82. The molecule has 2 heterocycles. The average molecular weight is 372 g/mol. The first kappa shape index (κ1) is 18.5. The molecule has 2 amide bonds. The molecule has 0 aliphatic carbocycles. The molecule has 26 heavy (non-hydrogen) atoms. The molecule has 3 rings (SSSR count). The van der Waals surface area contributed by atoms with E-state index in [4.69, 9.17) is 4.74 Å². The van der Waals surface area contributed by atoms with E-state index in [0.29, 0.717) is 26.2 Å². The van der Waals surface area contributed by atoms with Gasteiger partial charge in [0, 0.05) is 26.1 Å². The van der Waals surface area contributed by atoms with Crippen LogP contribution in [0.15, 0.2) is 47.8 Å². The third-order valence-corrected chi connectivity index (χ3v) is 5.54. The Balaban J connectivity index is 1.42. The van der Waals surface area contributed by atoms with Crippen molar-refractivity contribution >= 4 is 23.2 Å². The summed E-state index contributed by atoms with van der Waals surface area (Å²) in [6.07, 6.45) is 1.44. The number of likely N-dealkylation sites (tertiary alicyclic amines) is 1. The van der Waals surface area contributed by atoms with Crippen molar-refractivity contribution in [3.8, 4) is 5.75 Å². The SMILES string of the molecule is CN(CCOc1ccccc1)C(=O)C1CCN(C(=O)c2cccs2)CC1. The normalized spacial score (nSPS) is 14.9. The number of para-hydroxylation sites is 1. The summed E-state index contributed by atoms with van der Waals surface area (Å²) in [4.78, 5) is 29.4. The fourth-order valence-corrected chi connectivity index (χ4v) is 3.82.